The number of methoxy groups -OCH3 is 1. The van der Waals surface area contributed by atoms with E-state index in [2.05, 4.69) is 5.32 Å². The van der Waals surface area contributed by atoms with Crippen LogP contribution in [0.15, 0.2) is 63.8 Å². The Balaban J connectivity index is 1.98. The number of ether oxygens (including phenoxy) is 1. The first-order valence-electron chi connectivity index (χ1n) is 6.65. The molecule has 0 aliphatic heterocycles. The van der Waals surface area contributed by atoms with Gasteiger partial charge >= 0.3 is 5.63 Å². The van der Waals surface area contributed by atoms with Crippen LogP contribution in [-0.4, -0.2) is 13.0 Å². The van der Waals surface area contributed by atoms with Crippen molar-refractivity contribution < 1.29 is 13.9 Å². The molecule has 0 saturated carbocycles. The lowest BCUT2D eigenvalue weighted by Crippen LogP contribution is -2.17. The number of hydrogen-bond acceptors (Lipinski definition) is 4. The van der Waals surface area contributed by atoms with E-state index in [-0.39, 0.29) is 11.6 Å². The zero-order valence-corrected chi connectivity index (χ0v) is 11.8. The summed E-state index contributed by atoms with van der Waals surface area (Å²) in [5.74, 6) is 0.275. The average Bonchev–Trinajstić information content (AvgIpc) is 2.56. The number of hydrogen-bond donors (Lipinski definition) is 1. The van der Waals surface area contributed by atoms with Crippen molar-refractivity contribution in [1.29, 1.82) is 0 Å². The smallest absolute Gasteiger partial charge is 0.360 e. The monoisotopic (exact) mass is 295 g/mol. The standard InChI is InChI=1S/C17H13NO4/c1-21-13-7-8-15-12(9-13)10-14(17(20)22-15)18-16(19)11-5-3-2-4-6-11/h2-10H,1H3,(H,18,19). The van der Waals surface area contributed by atoms with Crippen molar-refractivity contribution in [1.82, 2.24) is 0 Å². The average molecular weight is 295 g/mol. The van der Waals surface area contributed by atoms with Crippen LogP contribution in [0, 0.1) is 0 Å². The number of nitrogens with one attached hydrogen (secondary N) is 1. The largest absolute Gasteiger partial charge is 0.497 e. The summed E-state index contributed by atoms with van der Waals surface area (Å²) in [5.41, 5.74) is 0.396. The number of carbonyl (C=O) groups excluding carboxylic acids is 1. The van der Waals surface area contributed by atoms with Crippen LogP contribution in [0.2, 0.25) is 0 Å². The van der Waals surface area contributed by atoms with E-state index in [0.29, 0.717) is 22.3 Å². The lowest BCUT2D eigenvalue weighted by atomic mass is 10.2. The van der Waals surface area contributed by atoms with Crippen LogP contribution in [0.4, 0.5) is 5.69 Å². The first-order chi connectivity index (χ1) is 10.7. The molecule has 0 spiro atoms. The van der Waals surface area contributed by atoms with E-state index in [0.717, 1.165) is 0 Å². The first-order valence-corrected chi connectivity index (χ1v) is 6.65. The molecular formula is C17H13NO4. The van der Waals surface area contributed by atoms with Gasteiger partial charge in [-0.3, -0.25) is 4.79 Å². The second-order valence-corrected chi connectivity index (χ2v) is 4.67. The molecule has 0 saturated heterocycles. The highest BCUT2D eigenvalue weighted by atomic mass is 16.5. The predicted octanol–water partition coefficient (Wildman–Crippen LogP) is 3.05. The van der Waals surface area contributed by atoms with E-state index in [1.54, 1.807) is 55.6 Å². The SMILES string of the molecule is COc1ccc2oc(=O)c(NC(=O)c3ccccc3)cc2c1. The second kappa shape index (κ2) is 5.73. The van der Waals surface area contributed by atoms with Gasteiger partial charge in [-0.2, -0.15) is 0 Å². The molecule has 0 fully saturated rings. The van der Waals surface area contributed by atoms with E-state index in [1.165, 1.54) is 0 Å². The Kier molecular flexibility index (Phi) is 3.62. The Labute approximate surface area is 126 Å². The molecule has 0 radical (unpaired) electrons. The van der Waals surface area contributed by atoms with Gasteiger partial charge in [0, 0.05) is 10.9 Å². The quantitative estimate of drug-likeness (QED) is 0.754. The Morgan fingerprint density at radius 1 is 1.09 bits per heavy atom. The highest BCUT2D eigenvalue weighted by molar-refractivity contribution is 6.04. The summed E-state index contributed by atoms with van der Waals surface area (Å²) in [7, 11) is 1.55. The van der Waals surface area contributed by atoms with E-state index >= 15 is 0 Å². The first kappa shape index (κ1) is 13.9. The number of benzene rings is 2. The fourth-order valence-electron chi connectivity index (χ4n) is 2.10. The van der Waals surface area contributed by atoms with Crippen molar-refractivity contribution >= 4 is 22.6 Å². The summed E-state index contributed by atoms with van der Waals surface area (Å²) >= 11 is 0. The highest BCUT2D eigenvalue weighted by Gasteiger charge is 2.11. The second-order valence-electron chi connectivity index (χ2n) is 4.67. The molecule has 2 aromatic carbocycles. The van der Waals surface area contributed by atoms with Crippen LogP contribution >= 0.6 is 0 Å². The predicted molar refractivity (Wildman–Crippen MR) is 83.4 cm³/mol. The van der Waals surface area contributed by atoms with Crippen molar-refractivity contribution in [2.75, 3.05) is 12.4 Å². The van der Waals surface area contributed by atoms with Crippen molar-refractivity contribution in [3.05, 3.63) is 70.6 Å². The van der Waals surface area contributed by atoms with Crippen molar-refractivity contribution in [3.63, 3.8) is 0 Å². The maximum atomic E-state index is 12.1. The fourth-order valence-corrected chi connectivity index (χ4v) is 2.10. The third kappa shape index (κ3) is 2.69. The van der Waals surface area contributed by atoms with Crippen molar-refractivity contribution in [2.24, 2.45) is 0 Å². The van der Waals surface area contributed by atoms with Crippen LogP contribution in [0.3, 0.4) is 0 Å². The van der Waals surface area contributed by atoms with Gasteiger partial charge in [-0.15, -0.1) is 0 Å². The third-order valence-corrected chi connectivity index (χ3v) is 3.22. The Bertz CT molecular complexity index is 884. The van der Waals surface area contributed by atoms with Gasteiger partial charge in [0.05, 0.1) is 7.11 Å². The molecule has 0 atom stereocenters. The van der Waals surface area contributed by atoms with Crippen molar-refractivity contribution in [2.45, 2.75) is 0 Å². The molecule has 5 nitrogen and oxygen atoms in total. The molecule has 0 aliphatic rings. The van der Waals surface area contributed by atoms with E-state index in [4.69, 9.17) is 9.15 Å². The van der Waals surface area contributed by atoms with Gasteiger partial charge in [0.15, 0.2) is 0 Å². The molecule has 0 unspecified atom stereocenters. The molecule has 0 bridgehead atoms. The van der Waals surface area contributed by atoms with Gasteiger partial charge in [0.25, 0.3) is 5.91 Å². The Morgan fingerprint density at radius 2 is 1.86 bits per heavy atom. The van der Waals surface area contributed by atoms with E-state index < -0.39 is 5.63 Å². The third-order valence-electron chi connectivity index (χ3n) is 3.22. The molecule has 110 valence electrons. The molecular weight excluding hydrogens is 282 g/mol. The highest BCUT2D eigenvalue weighted by Crippen LogP contribution is 2.21. The van der Waals surface area contributed by atoms with Crippen LogP contribution in [0.1, 0.15) is 10.4 Å². The number of carbonyl (C=O) groups is 1. The van der Waals surface area contributed by atoms with Gasteiger partial charge < -0.3 is 14.5 Å². The zero-order chi connectivity index (χ0) is 15.5. The topological polar surface area (TPSA) is 68.5 Å². The van der Waals surface area contributed by atoms with Gasteiger partial charge in [-0.25, -0.2) is 4.79 Å². The lowest BCUT2D eigenvalue weighted by Gasteiger charge is -2.06. The zero-order valence-electron chi connectivity index (χ0n) is 11.8. The fraction of sp³-hybridized carbons (Fsp3) is 0.0588. The minimum absolute atomic E-state index is 0.0922. The molecule has 3 aromatic rings. The van der Waals surface area contributed by atoms with E-state index in [1.807, 2.05) is 6.07 Å². The van der Waals surface area contributed by atoms with Gasteiger partial charge in [-0.1, -0.05) is 18.2 Å². The van der Waals surface area contributed by atoms with Gasteiger partial charge in [0.2, 0.25) is 0 Å². The molecule has 1 amide bonds. The summed E-state index contributed by atoms with van der Waals surface area (Å²) in [6, 6.07) is 15.3. The Hall–Kier alpha value is -3.08. The number of fused-ring (bicyclic) bond motifs is 1. The molecule has 1 N–H and O–H groups in total. The number of anilines is 1. The molecule has 1 aromatic heterocycles. The molecule has 1 heterocycles. The summed E-state index contributed by atoms with van der Waals surface area (Å²) < 4.78 is 10.3. The summed E-state index contributed by atoms with van der Waals surface area (Å²) in [4.78, 5) is 24.1. The summed E-state index contributed by atoms with van der Waals surface area (Å²) in [6.07, 6.45) is 0. The maximum Gasteiger partial charge on any atom is 0.360 e. The maximum absolute atomic E-state index is 12.1. The summed E-state index contributed by atoms with van der Waals surface area (Å²) in [6.45, 7) is 0. The lowest BCUT2D eigenvalue weighted by molar-refractivity contribution is 0.102. The normalized spacial score (nSPS) is 10.4. The summed E-state index contributed by atoms with van der Waals surface area (Å²) in [5, 5.41) is 3.24. The molecule has 5 heteroatoms. The van der Waals surface area contributed by atoms with Gasteiger partial charge in [-0.05, 0) is 36.4 Å². The number of amides is 1. The molecule has 22 heavy (non-hydrogen) atoms. The van der Waals surface area contributed by atoms with Crippen LogP contribution in [0.25, 0.3) is 11.0 Å². The number of rotatable bonds is 3. The molecule has 0 aliphatic carbocycles. The van der Waals surface area contributed by atoms with Crippen LogP contribution in [-0.2, 0) is 0 Å². The minimum Gasteiger partial charge on any atom is -0.497 e. The molecule has 3 rings (SSSR count). The van der Waals surface area contributed by atoms with Crippen LogP contribution in [0.5, 0.6) is 5.75 Å². The Morgan fingerprint density at radius 3 is 2.59 bits per heavy atom. The van der Waals surface area contributed by atoms with Crippen LogP contribution < -0.4 is 15.7 Å². The van der Waals surface area contributed by atoms with E-state index in [9.17, 15) is 9.59 Å². The van der Waals surface area contributed by atoms with Gasteiger partial charge in [0.1, 0.15) is 17.0 Å². The minimum atomic E-state index is -0.595. The van der Waals surface area contributed by atoms with Crippen molar-refractivity contribution in [3.8, 4) is 5.75 Å².